The Balaban J connectivity index is 3.36. The van der Waals surface area contributed by atoms with Crippen LogP contribution < -0.4 is 5.32 Å². The van der Waals surface area contributed by atoms with Gasteiger partial charge in [0.15, 0.2) is 0 Å². The number of carbonyl (C=O) groups excluding carboxylic acids is 2. The molecule has 6 nitrogen and oxygen atoms in total. The van der Waals surface area contributed by atoms with Crippen molar-refractivity contribution in [3.05, 3.63) is 24.3 Å². The highest BCUT2D eigenvalue weighted by atomic mass is 16.5. The topological polar surface area (TPSA) is 95.9 Å². The van der Waals surface area contributed by atoms with E-state index < -0.39 is 12.1 Å². The summed E-state index contributed by atoms with van der Waals surface area (Å²) in [5.41, 5.74) is 0. The van der Waals surface area contributed by atoms with Gasteiger partial charge in [0, 0.05) is 12.8 Å². The molecule has 3 N–H and O–H groups in total. The zero-order valence-corrected chi connectivity index (χ0v) is 53.6. The summed E-state index contributed by atoms with van der Waals surface area (Å²) in [5, 5.41) is 23.4. The quantitative estimate of drug-likeness (QED) is 0.0320. The number of nitrogens with one attached hydrogen (secondary N) is 1. The van der Waals surface area contributed by atoms with Gasteiger partial charge in [0.2, 0.25) is 5.91 Å². The molecule has 0 aliphatic carbocycles. The van der Waals surface area contributed by atoms with Gasteiger partial charge in [-0.05, 0) is 51.4 Å². The van der Waals surface area contributed by atoms with Gasteiger partial charge in [-0.3, -0.25) is 9.59 Å². The molecule has 0 aliphatic rings. The fraction of sp³-hybridized carbons (Fsp3) is 0.918. The van der Waals surface area contributed by atoms with Gasteiger partial charge in [-0.25, -0.2) is 0 Å². The fourth-order valence-corrected chi connectivity index (χ4v) is 11.5. The Morgan fingerprint density at radius 3 is 1.01 bits per heavy atom. The molecule has 0 bridgehead atoms. The Morgan fingerprint density at radius 2 is 0.658 bits per heavy atom. The Bertz CT molecular complexity index is 1230. The first kappa shape index (κ1) is 77.3. The summed E-state index contributed by atoms with van der Waals surface area (Å²) in [6.45, 7) is 4.93. The van der Waals surface area contributed by atoms with Gasteiger partial charge in [-0.2, -0.15) is 0 Å². The molecule has 6 heteroatoms. The summed E-state index contributed by atoms with van der Waals surface area (Å²) in [5.74, 6) is -0.0251. The third kappa shape index (κ3) is 65.4. The molecule has 0 saturated carbocycles. The lowest BCUT2D eigenvalue weighted by molar-refractivity contribution is -0.143. The molecular formula is C73H141NO5. The second-order valence-corrected chi connectivity index (χ2v) is 24.9. The zero-order chi connectivity index (χ0) is 57.1. The SMILES string of the molecule is CCC/C=C\C/C=C\CCCCCCCC(=O)OCCCCCCCCCCCCCCCCCCCCCCCCCCCCC(=O)NC(CO)C(O)CCCCCCCCCCCCCCCCCCCCCCCCC. The minimum absolute atomic E-state index is 0.00272. The molecule has 0 aliphatic heterocycles. The first-order valence-corrected chi connectivity index (χ1v) is 36.1. The smallest absolute Gasteiger partial charge is 0.305 e. The van der Waals surface area contributed by atoms with Crippen LogP contribution in [0, 0.1) is 0 Å². The van der Waals surface area contributed by atoms with Crippen molar-refractivity contribution in [3.8, 4) is 0 Å². The lowest BCUT2D eigenvalue weighted by Crippen LogP contribution is -2.45. The maximum Gasteiger partial charge on any atom is 0.305 e. The molecule has 1 amide bonds. The largest absolute Gasteiger partial charge is 0.466 e. The summed E-state index contributed by atoms with van der Waals surface area (Å²) in [6, 6.07) is -0.541. The number of allylic oxidation sites excluding steroid dienone is 4. The molecule has 0 heterocycles. The van der Waals surface area contributed by atoms with Gasteiger partial charge in [-0.1, -0.05) is 366 Å². The van der Waals surface area contributed by atoms with Crippen LogP contribution in [0.1, 0.15) is 406 Å². The molecule has 0 saturated heterocycles. The predicted octanol–water partition coefficient (Wildman–Crippen LogP) is 23.3. The van der Waals surface area contributed by atoms with Crippen molar-refractivity contribution in [1.29, 1.82) is 0 Å². The van der Waals surface area contributed by atoms with E-state index in [9.17, 15) is 19.8 Å². The summed E-state index contributed by atoms with van der Waals surface area (Å²) < 4.78 is 5.48. The van der Waals surface area contributed by atoms with Crippen LogP contribution in [-0.2, 0) is 14.3 Å². The van der Waals surface area contributed by atoms with Crippen LogP contribution in [0.2, 0.25) is 0 Å². The molecule has 79 heavy (non-hydrogen) atoms. The Hall–Kier alpha value is -1.66. The third-order valence-electron chi connectivity index (χ3n) is 17.0. The number of hydrogen-bond acceptors (Lipinski definition) is 5. The first-order chi connectivity index (χ1) is 39.0. The summed E-state index contributed by atoms with van der Waals surface area (Å²) in [7, 11) is 0. The zero-order valence-electron chi connectivity index (χ0n) is 53.6. The molecule has 2 unspecified atom stereocenters. The van der Waals surface area contributed by atoms with Crippen molar-refractivity contribution in [1.82, 2.24) is 5.32 Å². The fourth-order valence-electron chi connectivity index (χ4n) is 11.5. The van der Waals surface area contributed by atoms with E-state index in [0.29, 0.717) is 25.9 Å². The van der Waals surface area contributed by atoms with Crippen molar-refractivity contribution in [2.24, 2.45) is 0 Å². The molecule has 0 spiro atoms. The molecule has 0 aromatic rings. The van der Waals surface area contributed by atoms with Crippen molar-refractivity contribution in [2.75, 3.05) is 13.2 Å². The summed E-state index contributed by atoms with van der Waals surface area (Å²) >= 11 is 0. The molecule has 468 valence electrons. The molecule has 0 rings (SSSR count). The molecule has 0 radical (unpaired) electrons. The number of rotatable bonds is 68. The van der Waals surface area contributed by atoms with E-state index in [1.165, 1.54) is 321 Å². The number of amides is 1. The normalized spacial score (nSPS) is 12.6. The van der Waals surface area contributed by atoms with E-state index in [1.54, 1.807) is 0 Å². The van der Waals surface area contributed by atoms with Crippen molar-refractivity contribution in [2.45, 2.75) is 418 Å². The van der Waals surface area contributed by atoms with E-state index in [-0.39, 0.29) is 18.5 Å². The van der Waals surface area contributed by atoms with Crippen LogP contribution in [0.3, 0.4) is 0 Å². The predicted molar refractivity (Wildman–Crippen MR) is 347 cm³/mol. The van der Waals surface area contributed by atoms with Gasteiger partial charge in [0.1, 0.15) is 0 Å². The minimum Gasteiger partial charge on any atom is -0.466 e. The van der Waals surface area contributed by atoms with E-state index >= 15 is 0 Å². The van der Waals surface area contributed by atoms with Crippen LogP contribution in [-0.4, -0.2) is 47.4 Å². The number of aliphatic hydroxyl groups excluding tert-OH is 2. The van der Waals surface area contributed by atoms with E-state index in [0.717, 1.165) is 51.4 Å². The number of hydrogen-bond donors (Lipinski definition) is 3. The Kier molecular flexibility index (Phi) is 67.4. The van der Waals surface area contributed by atoms with Gasteiger partial charge in [0.25, 0.3) is 0 Å². The number of carbonyl (C=O) groups is 2. The lowest BCUT2D eigenvalue weighted by atomic mass is 10.0. The number of ether oxygens (including phenoxy) is 1. The van der Waals surface area contributed by atoms with Gasteiger partial charge >= 0.3 is 5.97 Å². The standard InChI is InChI=1S/C73H141NO5/c1-3-5-7-9-11-13-15-17-18-19-20-21-26-29-32-35-38-42-45-49-53-57-61-65-71(76)70(69-75)74-72(77)66-62-58-54-50-46-43-39-36-33-30-27-24-22-23-25-28-31-34-37-40-44-48-52-56-60-64-68-79-73(78)67-63-59-55-51-47-41-16-14-12-10-8-6-4-2/h8,10,14,16,70-71,75-76H,3-7,9,11-13,15,17-69H2,1-2H3,(H,74,77)/b10-8-,16-14-. The van der Waals surface area contributed by atoms with Crippen LogP contribution in [0.25, 0.3) is 0 Å². The monoisotopic (exact) mass is 1110 g/mol. The van der Waals surface area contributed by atoms with E-state index in [1.807, 2.05) is 0 Å². The highest BCUT2D eigenvalue weighted by Crippen LogP contribution is 2.19. The molecule has 2 atom stereocenters. The summed E-state index contributed by atoms with van der Waals surface area (Å²) in [6.07, 6.45) is 86.6. The van der Waals surface area contributed by atoms with E-state index in [4.69, 9.17) is 4.74 Å². The average Bonchev–Trinajstić information content (AvgIpc) is 3.45. The summed E-state index contributed by atoms with van der Waals surface area (Å²) in [4.78, 5) is 24.6. The highest BCUT2D eigenvalue weighted by Gasteiger charge is 2.20. The van der Waals surface area contributed by atoms with E-state index in [2.05, 4.69) is 43.5 Å². The Labute approximate surface area is 494 Å². The molecular weight excluding hydrogens is 971 g/mol. The highest BCUT2D eigenvalue weighted by molar-refractivity contribution is 5.76. The number of esters is 1. The van der Waals surface area contributed by atoms with Gasteiger partial charge < -0.3 is 20.3 Å². The van der Waals surface area contributed by atoms with Crippen LogP contribution in [0.4, 0.5) is 0 Å². The maximum absolute atomic E-state index is 12.6. The average molecular weight is 1110 g/mol. The molecule has 0 aromatic carbocycles. The van der Waals surface area contributed by atoms with Crippen LogP contribution >= 0.6 is 0 Å². The Morgan fingerprint density at radius 1 is 0.354 bits per heavy atom. The number of aliphatic hydroxyl groups is 2. The molecule has 0 fully saturated rings. The van der Waals surface area contributed by atoms with Crippen molar-refractivity contribution >= 4 is 11.9 Å². The maximum atomic E-state index is 12.6. The van der Waals surface area contributed by atoms with Gasteiger partial charge in [-0.15, -0.1) is 0 Å². The van der Waals surface area contributed by atoms with Crippen LogP contribution in [0.5, 0.6) is 0 Å². The number of unbranched alkanes of at least 4 members (excludes halogenated alkanes) is 53. The van der Waals surface area contributed by atoms with Crippen molar-refractivity contribution in [3.63, 3.8) is 0 Å². The van der Waals surface area contributed by atoms with Crippen LogP contribution in [0.15, 0.2) is 24.3 Å². The third-order valence-corrected chi connectivity index (χ3v) is 17.0. The lowest BCUT2D eigenvalue weighted by Gasteiger charge is -2.22. The second kappa shape index (κ2) is 68.8. The first-order valence-electron chi connectivity index (χ1n) is 36.1. The van der Waals surface area contributed by atoms with Gasteiger partial charge in [0.05, 0.1) is 25.4 Å². The minimum atomic E-state index is -0.664. The molecule has 0 aromatic heterocycles. The van der Waals surface area contributed by atoms with Crippen molar-refractivity contribution < 1.29 is 24.5 Å². The second-order valence-electron chi connectivity index (χ2n) is 24.9.